The minimum atomic E-state index is -0.0421. The van der Waals surface area contributed by atoms with E-state index in [-0.39, 0.29) is 30.0 Å². The lowest BCUT2D eigenvalue weighted by Gasteiger charge is -2.32. The average Bonchev–Trinajstić information content (AvgIpc) is 3.01. The Kier molecular flexibility index (Phi) is 4.50. The predicted octanol–water partition coefficient (Wildman–Crippen LogP) is 1.08. The Morgan fingerprint density at radius 3 is 2.89 bits per heavy atom. The second-order valence-corrected chi connectivity index (χ2v) is 5.20. The molecule has 3 heterocycles. The predicted molar refractivity (Wildman–Crippen MR) is 74.7 cm³/mol. The van der Waals surface area contributed by atoms with Crippen molar-refractivity contribution < 1.29 is 9.53 Å². The summed E-state index contributed by atoms with van der Waals surface area (Å²) in [4.78, 5) is 14.8. The molecule has 0 saturated carbocycles. The van der Waals surface area contributed by atoms with Crippen molar-refractivity contribution in [2.45, 2.75) is 30.9 Å². The summed E-state index contributed by atoms with van der Waals surface area (Å²) in [5.41, 5.74) is 0.611. The van der Waals surface area contributed by atoms with Crippen molar-refractivity contribution in [1.82, 2.24) is 15.6 Å². The summed E-state index contributed by atoms with van der Waals surface area (Å²) in [5.74, 6) is -0.0421. The van der Waals surface area contributed by atoms with Crippen molar-refractivity contribution >= 4 is 18.3 Å². The molecule has 1 aromatic rings. The van der Waals surface area contributed by atoms with E-state index in [0.717, 1.165) is 32.4 Å². The van der Waals surface area contributed by atoms with Crippen molar-refractivity contribution in [2.24, 2.45) is 0 Å². The third-order valence-corrected chi connectivity index (χ3v) is 3.90. The summed E-state index contributed by atoms with van der Waals surface area (Å²) in [7, 11) is 0. The lowest BCUT2D eigenvalue weighted by molar-refractivity contribution is -0.0194. The van der Waals surface area contributed by atoms with Crippen molar-refractivity contribution in [3.63, 3.8) is 0 Å². The molecule has 1 atom stereocenters. The van der Waals surface area contributed by atoms with E-state index in [1.54, 1.807) is 12.3 Å². The maximum atomic E-state index is 11.9. The Labute approximate surface area is 118 Å². The topological polar surface area (TPSA) is 66.2 Å². The molecule has 6 heteroatoms. The number of hydrogen-bond acceptors (Lipinski definition) is 3. The van der Waals surface area contributed by atoms with Crippen LogP contribution in [0.15, 0.2) is 18.3 Å². The normalized spacial score (nSPS) is 24.9. The molecule has 0 aliphatic carbocycles. The van der Waals surface area contributed by atoms with E-state index in [0.29, 0.717) is 12.3 Å². The number of rotatable bonds is 2. The summed E-state index contributed by atoms with van der Waals surface area (Å²) in [6.07, 6.45) is 4.78. The molecule has 0 aromatic carbocycles. The first-order chi connectivity index (χ1) is 8.77. The number of ether oxygens (including phenoxy) is 1. The summed E-state index contributed by atoms with van der Waals surface area (Å²) < 4.78 is 5.95. The van der Waals surface area contributed by atoms with Gasteiger partial charge in [0.25, 0.3) is 5.91 Å². The van der Waals surface area contributed by atoms with E-state index in [1.807, 2.05) is 6.07 Å². The molecule has 5 nitrogen and oxygen atoms in total. The van der Waals surface area contributed by atoms with Crippen LogP contribution in [0.4, 0.5) is 0 Å². The molecule has 2 saturated heterocycles. The summed E-state index contributed by atoms with van der Waals surface area (Å²) in [5, 5.41) is 6.38. The molecule has 1 amide bonds. The molecule has 1 unspecified atom stereocenters. The molecular weight excluding hydrogens is 266 g/mol. The molecule has 0 bridgehead atoms. The van der Waals surface area contributed by atoms with Gasteiger partial charge in [-0.25, -0.2) is 0 Å². The van der Waals surface area contributed by atoms with Crippen molar-refractivity contribution in [3.05, 3.63) is 24.0 Å². The minimum Gasteiger partial charge on any atom is -0.373 e. The lowest BCUT2D eigenvalue weighted by atomic mass is 9.88. The molecule has 3 N–H and O–H groups in total. The van der Waals surface area contributed by atoms with Crippen LogP contribution in [0.5, 0.6) is 0 Å². The summed E-state index contributed by atoms with van der Waals surface area (Å²) in [6.45, 7) is 2.65. The first kappa shape index (κ1) is 14.4. The van der Waals surface area contributed by atoms with E-state index in [4.69, 9.17) is 4.74 Å². The zero-order valence-electron chi connectivity index (χ0n) is 10.8. The highest BCUT2D eigenvalue weighted by molar-refractivity contribution is 5.92. The molecule has 2 fully saturated rings. The molecule has 106 valence electrons. The summed E-state index contributed by atoms with van der Waals surface area (Å²) in [6, 6.07) is 3.75. The molecule has 2 aliphatic heterocycles. The highest BCUT2D eigenvalue weighted by Gasteiger charge is 2.41. The Morgan fingerprint density at radius 1 is 1.42 bits per heavy atom. The number of hydrogen-bond donors (Lipinski definition) is 3. The van der Waals surface area contributed by atoms with Crippen molar-refractivity contribution in [3.8, 4) is 0 Å². The van der Waals surface area contributed by atoms with Crippen molar-refractivity contribution in [2.75, 3.05) is 19.7 Å². The Morgan fingerprint density at radius 2 is 2.21 bits per heavy atom. The fraction of sp³-hybridized carbons (Fsp3) is 0.615. The van der Waals surface area contributed by atoms with Crippen LogP contribution in [-0.2, 0) is 4.74 Å². The third-order valence-electron chi connectivity index (χ3n) is 3.90. The maximum absolute atomic E-state index is 11.9. The van der Waals surface area contributed by atoms with Crippen LogP contribution >= 0.6 is 12.4 Å². The van der Waals surface area contributed by atoms with E-state index in [2.05, 4.69) is 15.6 Å². The van der Waals surface area contributed by atoms with E-state index < -0.39 is 0 Å². The molecule has 0 radical (unpaired) electrons. The zero-order chi connectivity index (χ0) is 12.4. The van der Waals surface area contributed by atoms with Gasteiger partial charge in [-0.3, -0.25) is 4.79 Å². The molecule has 3 rings (SSSR count). The van der Waals surface area contributed by atoms with Gasteiger partial charge in [-0.1, -0.05) is 0 Å². The number of carbonyl (C=O) groups excluding carboxylic acids is 1. The first-order valence-corrected chi connectivity index (χ1v) is 6.56. The fourth-order valence-corrected chi connectivity index (χ4v) is 2.90. The van der Waals surface area contributed by atoms with Crippen LogP contribution < -0.4 is 10.6 Å². The van der Waals surface area contributed by atoms with Gasteiger partial charge in [-0.2, -0.15) is 0 Å². The average molecular weight is 286 g/mol. The van der Waals surface area contributed by atoms with Gasteiger partial charge in [-0.15, -0.1) is 12.4 Å². The van der Waals surface area contributed by atoms with Crippen LogP contribution in [-0.4, -0.2) is 42.2 Å². The highest BCUT2D eigenvalue weighted by atomic mass is 35.5. The van der Waals surface area contributed by atoms with Gasteiger partial charge < -0.3 is 20.4 Å². The highest BCUT2D eigenvalue weighted by Crippen LogP contribution is 2.33. The number of aromatic amines is 1. The number of carbonyl (C=O) groups is 1. The van der Waals surface area contributed by atoms with Crippen LogP contribution in [0.25, 0.3) is 0 Å². The third kappa shape index (κ3) is 3.11. The standard InChI is InChI=1S/C13H19N3O2.ClH/c17-12(11-2-1-5-15-11)16-10-8-13(18-9-10)3-6-14-7-4-13;/h1-2,5,10,14-15H,3-4,6-9H2,(H,16,17);1H. The van der Waals surface area contributed by atoms with Crippen LogP contribution in [0, 0.1) is 0 Å². The lowest BCUT2D eigenvalue weighted by Crippen LogP contribution is -2.43. The minimum absolute atomic E-state index is 0. The maximum Gasteiger partial charge on any atom is 0.267 e. The molecule has 1 spiro atoms. The number of halogens is 1. The second kappa shape index (κ2) is 5.94. The summed E-state index contributed by atoms with van der Waals surface area (Å²) >= 11 is 0. The van der Waals surface area contributed by atoms with Gasteiger partial charge in [0.05, 0.1) is 18.2 Å². The van der Waals surface area contributed by atoms with Crippen LogP contribution in [0.2, 0.25) is 0 Å². The molecule has 2 aliphatic rings. The number of H-pyrrole nitrogens is 1. The number of nitrogens with one attached hydrogen (secondary N) is 3. The van der Waals surface area contributed by atoms with E-state index >= 15 is 0 Å². The number of aromatic nitrogens is 1. The Balaban J connectivity index is 0.00000133. The molecule has 19 heavy (non-hydrogen) atoms. The number of piperidine rings is 1. The SMILES string of the molecule is Cl.O=C(NC1COC2(CCNCC2)C1)c1ccc[nH]1. The first-order valence-electron chi connectivity index (χ1n) is 6.56. The largest absolute Gasteiger partial charge is 0.373 e. The van der Waals surface area contributed by atoms with E-state index in [1.165, 1.54) is 0 Å². The van der Waals surface area contributed by atoms with Gasteiger partial charge in [0.1, 0.15) is 5.69 Å². The monoisotopic (exact) mass is 285 g/mol. The second-order valence-electron chi connectivity index (χ2n) is 5.20. The van der Waals surface area contributed by atoms with Gasteiger partial charge in [-0.05, 0) is 44.5 Å². The quantitative estimate of drug-likeness (QED) is 0.762. The Bertz CT molecular complexity index is 416. The van der Waals surface area contributed by atoms with Gasteiger partial charge in [0.15, 0.2) is 0 Å². The van der Waals surface area contributed by atoms with Gasteiger partial charge in [0.2, 0.25) is 0 Å². The van der Waals surface area contributed by atoms with Gasteiger partial charge in [0, 0.05) is 6.20 Å². The van der Waals surface area contributed by atoms with E-state index in [9.17, 15) is 4.79 Å². The van der Waals surface area contributed by atoms with Crippen LogP contribution in [0.1, 0.15) is 29.8 Å². The zero-order valence-corrected chi connectivity index (χ0v) is 11.6. The number of amides is 1. The Hall–Kier alpha value is -1.04. The van der Waals surface area contributed by atoms with Crippen molar-refractivity contribution in [1.29, 1.82) is 0 Å². The smallest absolute Gasteiger partial charge is 0.267 e. The fourth-order valence-electron chi connectivity index (χ4n) is 2.90. The molecule has 1 aromatic heterocycles. The molecular formula is C13H20ClN3O2. The van der Waals surface area contributed by atoms with Crippen LogP contribution in [0.3, 0.4) is 0 Å². The van der Waals surface area contributed by atoms with Gasteiger partial charge >= 0.3 is 0 Å².